The van der Waals surface area contributed by atoms with E-state index in [1.807, 2.05) is 13.8 Å². The van der Waals surface area contributed by atoms with Crippen LogP contribution in [0.3, 0.4) is 0 Å². The molecule has 5 nitrogen and oxygen atoms in total. The summed E-state index contributed by atoms with van der Waals surface area (Å²) in [4.78, 5) is 16.0. The largest absolute Gasteiger partial charge is 0.376 e. The lowest BCUT2D eigenvalue weighted by Crippen LogP contribution is -2.64. The molecule has 1 aliphatic carbocycles. The highest BCUT2D eigenvalue weighted by molar-refractivity contribution is 7.09. The lowest BCUT2D eigenvalue weighted by Gasteiger charge is -2.42. The van der Waals surface area contributed by atoms with Crippen molar-refractivity contribution in [2.75, 3.05) is 6.61 Å². The van der Waals surface area contributed by atoms with Gasteiger partial charge in [0.25, 0.3) is 5.91 Å². The topological polar surface area (TPSA) is 77.2 Å². The fraction of sp³-hybridized carbons (Fsp3) is 0.636. The molecule has 17 heavy (non-hydrogen) atoms. The van der Waals surface area contributed by atoms with Gasteiger partial charge in [0.2, 0.25) is 0 Å². The Morgan fingerprint density at radius 3 is 3.06 bits per heavy atom. The number of aromatic nitrogens is 1. The maximum atomic E-state index is 11.9. The predicted molar refractivity (Wildman–Crippen MR) is 66.1 cm³/mol. The third-order valence-corrected chi connectivity index (χ3v) is 3.67. The normalized spacial score (nSPS) is 27.6. The Morgan fingerprint density at radius 2 is 2.53 bits per heavy atom. The molecule has 1 saturated carbocycles. The number of nitrogens with one attached hydrogen (secondary N) is 1. The molecule has 1 fully saturated rings. The summed E-state index contributed by atoms with van der Waals surface area (Å²) in [5, 5.41) is 5.52. The molecule has 0 saturated heterocycles. The predicted octanol–water partition coefficient (Wildman–Crippen LogP) is 0.686. The number of rotatable bonds is 4. The minimum Gasteiger partial charge on any atom is -0.376 e. The van der Waals surface area contributed by atoms with Gasteiger partial charge in [-0.25, -0.2) is 4.98 Å². The Hall–Kier alpha value is -0.980. The monoisotopic (exact) mass is 255 g/mol. The van der Waals surface area contributed by atoms with Crippen LogP contribution in [0.1, 0.15) is 28.8 Å². The zero-order valence-electron chi connectivity index (χ0n) is 9.97. The van der Waals surface area contributed by atoms with Crippen molar-refractivity contribution < 1.29 is 9.53 Å². The van der Waals surface area contributed by atoms with Crippen molar-refractivity contribution in [3.05, 3.63) is 16.1 Å². The van der Waals surface area contributed by atoms with Crippen molar-refractivity contribution in [2.45, 2.75) is 38.5 Å². The highest BCUT2D eigenvalue weighted by atomic mass is 32.1. The minimum atomic E-state index is -0.167. The second kappa shape index (κ2) is 5.12. The van der Waals surface area contributed by atoms with E-state index in [4.69, 9.17) is 10.5 Å². The van der Waals surface area contributed by atoms with Crippen LogP contribution < -0.4 is 11.1 Å². The molecule has 0 radical (unpaired) electrons. The number of hydrogen-bond donors (Lipinski definition) is 2. The number of ether oxygens (including phenoxy) is 1. The summed E-state index contributed by atoms with van der Waals surface area (Å²) in [6.07, 6.45) is 0.841. The third kappa shape index (κ3) is 2.65. The zero-order valence-corrected chi connectivity index (χ0v) is 10.8. The van der Waals surface area contributed by atoms with E-state index in [-0.39, 0.29) is 24.1 Å². The number of nitrogens with zero attached hydrogens (tertiary/aromatic N) is 1. The standard InChI is InChI=1S/C11H17N3O2S/c1-3-16-9-4-7(12)10(9)14-11(15)8-5-17-6(2)13-8/h5,7,9-10H,3-4,12H2,1-2H3,(H,14,15). The van der Waals surface area contributed by atoms with E-state index in [2.05, 4.69) is 10.3 Å². The molecule has 1 heterocycles. The molecule has 0 bridgehead atoms. The van der Waals surface area contributed by atoms with Crippen molar-refractivity contribution >= 4 is 17.2 Å². The van der Waals surface area contributed by atoms with Crippen molar-refractivity contribution in [1.82, 2.24) is 10.3 Å². The molecule has 1 amide bonds. The Balaban J connectivity index is 1.94. The average Bonchev–Trinajstić information content (AvgIpc) is 2.72. The fourth-order valence-corrected chi connectivity index (χ4v) is 2.51. The summed E-state index contributed by atoms with van der Waals surface area (Å²) in [5.41, 5.74) is 6.32. The van der Waals surface area contributed by atoms with Crippen LogP contribution in [-0.2, 0) is 4.74 Å². The Kier molecular flexibility index (Phi) is 3.76. The number of amides is 1. The van der Waals surface area contributed by atoms with Crippen LogP contribution >= 0.6 is 11.3 Å². The van der Waals surface area contributed by atoms with Gasteiger partial charge in [-0.05, 0) is 20.3 Å². The first-order valence-corrected chi connectivity index (χ1v) is 6.60. The average molecular weight is 255 g/mol. The summed E-state index contributed by atoms with van der Waals surface area (Å²) >= 11 is 1.46. The first-order valence-electron chi connectivity index (χ1n) is 5.72. The number of thiazole rings is 1. The number of hydrogen-bond acceptors (Lipinski definition) is 5. The molecule has 3 atom stereocenters. The number of carbonyl (C=O) groups excluding carboxylic acids is 1. The minimum absolute atomic E-state index is 0.0183. The number of carbonyl (C=O) groups is 1. The van der Waals surface area contributed by atoms with E-state index in [9.17, 15) is 4.79 Å². The molecule has 6 heteroatoms. The smallest absolute Gasteiger partial charge is 0.271 e. The fourth-order valence-electron chi connectivity index (χ4n) is 1.92. The molecule has 0 spiro atoms. The van der Waals surface area contributed by atoms with Crippen molar-refractivity contribution in [2.24, 2.45) is 5.73 Å². The van der Waals surface area contributed by atoms with Gasteiger partial charge in [-0.1, -0.05) is 0 Å². The van der Waals surface area contributed by atoms with Crippen LogP contribution in [-0.4, -0.2) is 35.7 Å². The van der Waals surface area contributed by atoms with Gasteiger partial charge in [-0.2, -0.15) is 0 Å². The molecule has 1 aromatic heterocycles. The summed E-state index contributed by atoms with van der Waals surface area (Å²) < 4.78 is 5.49. The Labute approximate surface area is 104 Å². The van der Waals surface area contributed by atoms with Crippen LogP contribution in [0.2, 0.25) is 0 Å². The molecule has 0 aliphatic heterocycles. The second-order valence-corrected chi connectivity index (χ2v) is 5.21. The quantitative estimate of drug-likeness (QED) is 0.829. The number of nitrogens with two attached hydrogens (primary N) is 1. The maximum Gasteiger partial charge on any atom is 0.271 e. The van der Waals surface area contributed by atoms with Crippen molar-refractivity contribution in [1.29, 1.82) is 0 Å². The molecule has 3 N–H and O–H groups in total. The van der Waals surface area contributed by atoms with Crippen LogP contribution in [0.4, 0.5) is 0 Å². The highest BCUT2D eigenvalue weighted by Crippen LogP contribution is 2.23. The van der Waals surface area contributed by atoms with Crippen LogP contribution in [0.25, 0.3) is 0 Å². The first-order chi connectivity index (χ1) is 8.11. The molecular weight excluding hydrogens is 238 g/mol. The molecular formula is C11H17N3O2S. The van der Waals surface area contributed by atoms with Crippen molar-refractivity contribution in [3.63, 3.8) is 0 Å². The van der Waals surface area contributed by atoms with E-state index in [0.717, 1.165) is 11.4 Å². The van der Waals surface area contributed by atoms with Gasteiger partial charge in [-0.3, -0.25) is 4.79 Å². The summed E-state index contributed by atoms with van der Waals surface area (Å²) in [6, 6.07) is -0.111. The summed E-state index contributed by atoms with van der Waals surface area (Å²) in [6.45, 7) is 4.45. The van der Waals surface area contributed by atoms with E-state index < -0.39 is 0 Å². The Bertz CT molecular complexity index is 405. The van der Waals surface area contributed by atoms with Crippen LogP contribution in [0.15, 0.2) is 5.38 Å². The molecule has 1 aromatic rings. The SMILES string of the molecule is CCOC1CC(N)C1NC(=O)c1csc(C)n1. The van der Waals surface area contributed by atoms with E-state index in [0.29, 0.717) is 12.3 Å². The molecule has 3 unspecified atom stereocenters. The first kappa shape index (κ1) is 12.5. The lowest BCUT2D eigenvalue weighted by atomic mass is 9.83. The van der Waals surface area contributed by atoms with Gasteiger partial charge in [0, 0.05) is 18.0 Å². The van der Waals surface area contributed by atoms with Gasteiger partial charge < -0.3 is 15.8 Å². The molecule has 0 aromatic carbocycles. The van der Waals surface area contributed by atoms with E-state index in [1.54, 1.807) is 5.38 Å². The maximum absolute atomic E-state index is 11.9. The number of aryl methyl sites for hydroxylation is 1. The van der Waals surface area contributed by atoms with Gasteiger partial charge >= 0.3 is 0 Å². The zero-order chi connectivity index (χ0) is 12.4. The summed E-state index contributed by atoms with van der Waals surface area (Å²) in [5.74, 6) is -0.167. The molecule has 1 aliphatic rings. The molecule has 2 rings (SSSR count). The van der Waals surface area contributed by atoms with Crippen LogP contribution in [0, 0.1) is 6.92 Å². The van der Waals surface area contributed by atoms with Crippen LogP contribution in [0.5, 0.6) is 0 Å². The van der Waals surface area contributed by atoms with Gasteiger partial charge in [0.1, 0.15) is 5.69 Å². The Morgan fingerprint density at radius 1 is 1.76 bits per heavy atom. The van der Waals surface area contributed by atoms with Gasteiger partial charge in [0.05, 0.1) is 17.2 Å². The second-order valence-electron chi connectivity index (χ2n) is 4.14. The third-order valence-electron chi connectivity index (χ3n) is 2.90. The highest BCUT2D eigenvalue weighted by Gasteiger charge is 2.40. The lowest BCUT2D eigenvalue weighted by molar-refractivity contribution is -0.0300. The summed E-state index contributed by atoms with van der Waals surface area (Å²) in [7, 11) is 0. The molecule has 94 valence electrons. The van der Waals surface area contributed by atoms with Gasteiger partial charge in [0.15, 0.2) is 0 Å². The van der Waals surface area contributed by atoms with E-state index in [1.165, 1.54) is 11.3 Å². The van der Waals surface area contributed by atoms with E-state index >= 15 is 0 Å². The van der Waals surface area contributed by atoms with Crippen molar-refractivity contribution in [3.8, 4) is 0 Å². The van der Waals surface area contributed by atoms with Gasteiger partial charge in [-0.15, -0.1) is 11.3 Å².